The molecule has 1 aliphatic heterocycles. The predicted octanol–water partition coefficient (Wildman–Crippen LogP) is 0.453. The number of hydrogen-bond donors (Lipinski definition) is 1. The average Bonchev–Trinajstić information content (AvgIpc) is 2.92. The first-order valence-corrected chi connectivity index (χ1v) is 8.06. The van der Waals surface area contributed by atoms with Crippen molar-refractivity contribution in [3.8, 4) is 0 Å². The van der Waals surface area contributed by atoms with Crippen LogP contribution in [0.2, 0.25) is 0 Å². The summed E-state index contributed by atoms with van der Waals surface area (Å²) in [5.74, 6) is -0.493. The Kier molecular flexibility index (Phi) is 4.26. The normalized spacial score (nSPS) is 21.4. The van der Waals surface area contributed by atoms with Gasteiger partial charge in [0.2, 0.25) is 5.91 Å². The van der Waals surface area contributed by atoms with E-state index in [0.717, 1.165) is 16.9 Å². The van der Waals surface area contributed by atoms with Crippen LogP contribution in [0.3, 0.4) is 0 Å². The molecule has 0 aliphatic carbocycles. The highest BCUT2D eigenvalue weighted by atomic mass is 32.2. The molecule has 0 bridgehead atoms. The van der Waals surface area contributed by atoms with Crippen molar-refractivity contribution in [1.82, 2.24) is 15.1 Å². The number of aromatic nitrogens is 2. The Hall–Kier alpha value is -1.58. The van der Waals surface area contributed by atoms with Crippen molar-refractivity contribution >= 4 is 15.7 Å². The third-order valence-electron chi connectivity index (χ3n) is 3.15. The Labute approximate surface area is 119 Å². The summed E-state index contributed by atoms with van der Waals surface area (Å²) in [6.45, 7) is -0.138. The third kappa shape index (κ3) is 4.45. The highest BCUT2D eigenvalue weighted by Crippen LogP contribution is 2.27. The van der Waals surface area contributed by atoms with Crippen LogP contribution in [0.4, 0.5) is 13.2 Å². The van der Waals surface area contributed by atoms with E-state index in [1.807, 2.05) is 0 Å². The molecule has 1 amide bonds. The standard InChI is InChI=1S/C11H14F3N3O3S/c12-11(13,14)9-1-3-17(16-9)6-10(18)15-5-8-2-4-21(19,20)7-8/h1,3,8H,2,4-7H2,(H,15,18)/t8-/m1/s1. The average molecular weight is 325 g/mol. The Balaban J connectivity index is 1.81. The summed E-state index contributed by atoms with van der Waals surface area (Å²) in [7, 11) is -3.01. The van der Waals surface area contributed by atoms with Gasteiger partial charge in [-0.15, -0.1) is 0 Å². The smallest absolute Gasteiger partial charge is 0.354 e. The van der Waals surface area contributed by atoms with Gasteiger partial charge in [-0.3, -0.25) is 9.48 Å². The Morgan fingerprint density at radius 1 is 1.48 bits per heavy atom. The van der Waals surface area contributed by atoms with Crippen LogP contribution in [0.1, 0.15) is 12.1 Å². The maximum absolute atomic E-state index is 12.3. The fourth-order valence-corrected chi connectivity index (χ4v) is 3.96. The number of sulfone groups is 1. The second-order valence-electron chi connectivity index (χ2n) is 4.97. The minimum atomic E-state index is -4.54. The van der Waals surface area contributed by atoms with Gasteiger partial charge in [-0.05, 0) is 18.4 Å². The number of carbonyl (C=O) groups is 1. The van der Waals surface area contributed by atoms with E-state index < -0.39 is 27.6 Å². The second kappa shape index (κ2) is 5.66. The molecule has 1 aliphatic rings. The fourth-order valence-electron chi connectivity index (χ4n) is 2.10. The number of halogens is 3. The monoisotopic (exact) mass is 325 g/mol. The topological polar surface area (TPSA) is 81.1 Å². The second-order valence-corrected chi connectivity index (χ2v) is 7.20. The molecule has 10 heteroatoms. The molecule has 6 nitrogen and oxygen atoms in total. The van der Waals surface area contributed by atoms with Crippen molar-refractivity contribution < 1.29 is 26.4 Å². The van der Waals surface area contributed by atoms with Crippen molar-refractivity contribution in [3.05, 3.63) is 18.0 Å². The van der Waals surface area contributed by atoms with E-state index >= 15 is 0 Å². The molecule has 0 aromatic carbocycles. The molecule has 1 N–H and O–H groups in total. The van der Waals surface area contributed by atoms with Gasteiger partial charge >= 0.3 is 6.18 Å². The van der Waals surface area contributed by atoms with Crippen molar-refractivity contribution in [2.75, 3.05) is 18.1 Å². The zero-order valence-corrected chi connectivity index (χ0v) is 11.7. The number of amides is 1. The Morgan fingerprint density at radius 3 is 2.71 bits per heavy atom. The number of nitrogens with one attached hydrogen (secondary N) is 1. The summed E-state index contributed by atoms with van der Waals surface area (Å²) in [5, 5.41) is 5.77. The number of carbonyl (C=O) groups excluding carboxylic acids is 1. The van der Waals surface area contributed by atoms with Crippen LogP contribution in [-0.4, -0.2) is 42.2 Å². The van der Waals surface area contributed by atoms with Crippen LogP contribution in [0, 0.1) is 5.92 Å². The highest BCUT2D eigenvalue weighted by Gasteiger charge is 2.33. The summed E-state index contributed by atoms with van der Waals surface area (Å²) in [6, 6.07) is 0.789. The molecule has 2 heterocycles. The molecule has 1 aromatic heterocycles. The molecule has 0 spiro atoms. The molecule has 2 rings (SSSR count). The zero-order valence-electron chi connectivity index (χ0n) is 10.9. The lowest BCUT2D eigenvalue weighted by Crippen LogP contribution is -2.32. The van der Waals surface area contributed by atoms with Gasteiger partial charge in [-0.2, -0.15) is 18.3 Å². The van der Waals surface area contributed by atoms with Crippen LogP contribution < -0.4 is 5.32 Å². The molecule has 0 saturated carbocycles. The summed E-state index contributed by atoms with van der Waals surface area (Å²) in [5.41, 5.74) is -1.06. The van der Waals surface area contributed by atoms with E-state index in [0.29, 0.717) is 6.42 Å². The van der Waals surface area contributed by atoms with Gasteiger partial charge in [0.25, 0.3) is 0 Å². The number of alkyl halides is 3. The quantitative estimate of drug-likeness (QED) is 0.872. The summed E-state index contributed by atoms with van der Waals surface area (Å²) in [4.78, 5) is 11.6. The highest BCUT2D eigenvalue weighted by molar-refractivity contribution is 7.91. The van der Waals surface area contributed by atoms with Crippen LogP contribution in [0.5, 0.6) is 0 Å². The maximum Gasteiger partial charge on any atom is 0.435 e. The molecule has 1 aromatic rings. The van der Waals surface area contributed by atoms with Gasteiger partial charge in [0.15, 0.2) is 15.5 Å². The first-order valence-electron chi connectivity index (χ1n) is 6.23. The van der Waals surface area contributed by atoms with Crippen LogP contribution in [0.25, 0.3) is 0 Å². The largest absolute Gasteiger partial charge is 0.435 e. The molecule has 1 fully saturated rings. The van der Waals surface area contributed by atoms with Crippen molar-refractivity contribution in [1.29, 1.82) is 0 Å². The molecule has 1 saturated heterocycles. The van der Waals surface area contributed by atoms with Crippen LogP contribution in [0.15, 0.2) is 12.3 Å². The first-order chi connectivity index (χ1) is 9.66. The van der Waals surface area contributed by atoms with Gasteiger partial charge in [0.05, 0.1) is 11.5 Å². The third-order valence-corrected chi connectivity index (χ3v) is 4.99. The van der Waals surface area contributed by atoms with Crippen LogP contribution >= 0.6 is 0 Å². The van der Waals surface area contributed by atoms with Crippen molar-refractivity contribution in [3.63, 3.8) is 0 Å². The van der Waals surface area contributed by atoms with Gasteiger partial charge in [0, 0.05) is 12.7 Å². The first kappa shape index (κ1) is 15.8. The molecular formula is C11H14F3N3O3S. The van der Waals surface area contributed by atoms with Gasteiger partial charge in [0.1, 0.15) is 6.54 Å². The minimum Gasteiger partial charge on any atom is -0.354 e. The zero-order chi connectivity index (χ0) is 15.7. The van der Waals surface area contributed by atoms with E-state index in [1.165, 1.54) is 0 Å². The lowest BCUT2D eigenvalue weighted by molar-refractivity contribution is -0.141. The summed E-state index contributed by atoms with van der Waals surface area (Å²) < 4.78 is 60.4. The summed E-state index contributed by atoms with van der Waals surface area (Å²) in [6.07, 6.45) is -2.98. The van der Waals surface area contributed by atoms with E-state index in [4.69, 9.17) is 0 Å². The van der Waals surface area contributed by atoms with E-state index in [2.05, 4.69) is 10.4 Å². The molecule has 21 heavy (non-hydrogen) atoms. The lowest BCUT2D eigenvalue weighted by Gasteiger charge is -2.09. The Bertz CT molecular complexity index is 624. The number of rotatable bonds is 4. The van der Waals surface area contributed by atoms with Crippen LogP contribution in [-0.2, 0) is 27.4 Å². The van der Waals surface area contributed by atoms with Gasteiger partial charge in [-0.25, -0.2) is 8.42 Å². The predicted molar refractivity (Wildman–Crippen MR) is 67.0 cm³/mol. The minimum absolute atomic E-state index is 0.0350. The molecule has 118 valence electrons. The number of hydrogen-bond acceptors (Lipinski definition) is 4. The molecule has 0 unspecified atom stereocenters. The van der Waals surface area contributed by atoms with E-state index in [1.54, 1.807) is 0 Å². The summed E-state index contributed by atoms with van der Waals surface area (Å²) >= 11 is 0. The van der Waals surface area contributed by atoms with E-state index in [-0.39, 0.29) is 30.5 Å². The van der Waals surface area contributed by atoms with Gasteiger partial charge < -0.3 is 5.32 Å². The van der Waals surface area contributed by atoms with Crippen molar-refractivity contribution in [2.24, 2.45) is 5.92 Å². The molecule has 1 atom stereocenters. The lowest BCUT2D eigenvalue weighted by atomic mass is 10.1. The van der Waals surface area contributed by atoms with E-state index in [9.17, 15) is 26.4 Å². The number of nitrogens with zero attached hydrogens (tertiary/aromatic N) is 2. The Morgan fingerprint density at radius 2 is 2.19 bits per heavy atom. The maximum atomic E-state index is 12.3. The SMILES string of the molecule is O=C(Cn1ccc(C(F)(F)F)n1)NC[C@H]1CCS(=O)(=O)C1. The molecular weight excluding hydrogens is 311 g/mol. The van der Waals surface area contributed by atoms with Crippen molar-refractivity contribution in [2.45, 2.75) is 19.1 Å². The molecule has 0 radical (unpaired) electrons. The fraction of sp³-hybridized carbons (Fsp3) is 0.636. The van der Waals surface area contributed by atoms with Gasteiger partial charge in [-0.1, -0.05) is 0 Å².